The minimum Gasteiger partial charge on any atom is -0.455 e. The fraction of sp³-hybridized carbons (Fsp3) is 0.385. The van der Waals surface area contributed by atoms with Crippen molar-refractivity contribution < 1.29 is 14.3 Å². The van der Waals surface area contributed by atoms with E-state index in [2.05, 4.69) is 21.2 Å². The number of halogens is 1. The zero-order chi connectivity index (χ0) is 14.3. The maximum absolute atomic E-state index is 11.6. The predicted molar refractivity (Wildman–Crippen MR) is 79.9 cm³/mol. The highest BCUT2D eigenvalue weighted by Gasteiger charge is 2.16. The van der Waals surface area contributed by atoms with Crippen molar-refractivity contribution in [3.8, 4) is 0 Å². The van der Waals surface area contributed by atoms with Gasteiger partial charge in [0.25, 0.3) is 5.91 Å². The molecule has 0 fully saturated rings. The predicted octanol–water partition coefficient (Wildman–Crippen LogP) is 2.36. The van der Waals surface area contributed by atoms with Gasteiger partial charge in [0.2, 0.25) is 0 Å². The number of thioether (sulfide) groups is 1. The number of hydrogen-bond acceptors (Lipinski definition) is 4. The summed E-state index contributed by atoms with van der Waals surface area (Å²) in [7, 11) is 1.50. The van der Waals surface area contributed by atoms with Gasteiger partial charge in [0.05, 0.1) is 5.25 Å². The molecule has 6 heteroatoms. The first-order chi connectivity index (χ1) is 9.02. The summed E-state index contributed by atoms with van der Waals surface area (Å²) in [6.07, 6.45) is 0. The van der Waals surface area contributed by atoms with Crippen molar-refractivity contribution in [1.82, 2.24) is 5.32 Å². The van der Waals surface area contributed by atoms with Crippen LogP contribution in [0.1, 0.15) is 12.5 Å². The molecule has 1 N–H and O–H groups in total. The molecule has 0 radical (unpaired) electrons. The molecule has 1 atom stereocenters. The average Bonchev–Trinajstić information content (AvgIpc) is 2.43. The van der Waals surface area contributed by atoms with Gasteiger partial charge in [-0.3, -0.25) is 9.59 Å². The van der Waals surface area contributed by atoms with Crippen molar-refractivity contribution in [2.45, 2.75) is 17.9 Å². The second kappa shape index (κ2) is 8.22. The van der Waals surface area contributed by atoms with Gasteiger partial charge >= 0.3 is 5.97 Å². The Kier molecular flexibility index (Phi) is 6.94. The van der Waals surface area contributed by atoms with Crippen molar-refractivity contribution in [3.63, 3.8) is 0 Å². The number of likely N-dealkylation sites (N-methyl/N-ethyl adjacent to an activating group) is 1. The van der Waals surface area contributed by atoms with E-state index < -0.39 is 0 Å². The second-order valence-corrected chi connectivity index (χ2v) is 6.11. The molecule has 0 saturated heterocycles. The molecule has 19 heavy (non-hydrogen) atoms. The topological polar surface area (TPSA) is 55.4 Å². The van der Waals surface area contributed by atoms with Gasteiger partial charge in [-0.25, -0.2) is 0 Å². The maximum atomic E-state index is 11.6. The third-order valence-electron chi connectivity index (χ3n) is 2.37. The minimum absolute atomic E-state index is 0.224. The minimum atomic E-state index is -0.370. The van der Waals surface area contributed by atoms with E-state index in [-0.39, 0.29) is 23.7 Å². The van der Waals surface area contributed by atoms with Crippen molar-refractivity contribution in [2.75, 3.05) is 13.7 Å². The lowest BCUT2D eigenvalue weighted by Gasteiger charge is -2.10. The summed E-state index contributed by atoms with van der Waals surface area (Å²) in [5.74, 6) is 0.0490. The highest BCUT2D eigenvalue weighted by atomic mass is 79.9. The highest BCUT2D eigenvalue weighted by Crippen LogP contribution is 2.20. The number of esters is 1. The van der Waals surface area contributed by atoms with Crippen LogP contribution in [0.25, 0.3) is 0 Å². The molecule has 0 unspecified atom stereocenters. The first-order valence-corrected chi connectivity index (χ1v) is 7.60. The lowest BCUT2D eigenvalue weighted by molar-refractivity contribution is -0.147. The Labute approximate surface area is 125 Å². The number of amides is 1. The SMILES string of the molecule is CNC(=O)COC(=O)[C@@H](C)SCc1ccc(Br)cc1. The van der Waals surface area contributed by atoms with Gasteiger partial charge in [0.1, 0.15) is 0 Å². The molecule has 0 aromatic heterocycles. The Hall–Kier alpha value is -1.01. The van der Waals surface area contributed by atoms with Gasteiger partial charge in [-0.1, -0.05) is 28.1 Å². The molecule has 0 bridgehead atoms. The molecular formula is C13H16BrNO3S. The molecule has 0 aliphatic heterocycles. The lowest BCUT2D eigenvalue weighted by atomic mass is 10.2. The Morgan fingerprint density at radius 2 is 2.00 bits per heavy atom. The Balaban J connectivity index is 2.34. The molecule has 0 aliphatic rings. The summed E-state index contributed by atoms with van der Waals surface area (Å²) in [5.41, 5.74) is 1.14. The van der Waals surface area contributed by atoms with E-state index >= 15 is 0 Å². The molecule has 1 rings (SSSR count). The third-order valence-corrected chi connectivity index (χ3v) is 4.09. The Morgan fingerprint density at radius 3 is 2.58 bits per heavy atom. The van der Waals surface area contributed by atoms with E-state index in [0.29, 0.717) is 0 Å². The number of benzene rings is 1. The molecular weight excluding hydrogens is 330 g/mol. The molecule has 1 amide bonds. The summed E-state index contributed by atoms with van der Waals surface area (Å²) in [6, 6.07) is 7.92. The zero-order valence-corrected chi connectivity index (χ0v) is 13.2. The van der Waals surface area contributed by atoms with E-state index in [4.69, 9.17) is 4.74 Å². The van der Waals surface area contributed by atoms with E-state index in [1.54, 1.807) is 6.92 Å². The van der Waals surface area contributed by atoms with Gasteiger partial charge in [-0.2, -0.15) is 0 Å². The van der Waals surface area contributed by atoms with E-state index in [1.165, 1.54) is 18.8 Å². The average molecular weight is 346 g/mol. The van der Waals surface area contributed by atoms with E-state index in [0.717, 1.165) is 15.8 Å². The van der Waals surface area contributed by atoms with Crippen molar-refractivity contribution >= 4 is 39.6 Å². The summed E-state index contributed by atoms with van der Waals surface area (Å²) in [4.78, 5) is 22.6. The molecule has 4 nitrogen and oxygen atoms in total. The Bertz CT molecular complexity index is 436. The van der Waals surface area contributed by atoms with Crippen LogP contribution >= 0.6 is 27.7 Å². The quantitative estimate of drug-likeness (QED) is 0.804. The van der Waals surface area contributed by atoms with Gasteiger partial charge in [0, 0.05) is 17.3 Å². The molecule has 0 saturated carbocycles. The molecule has 0 spiro atoms. The van der Waals surface area contributed by atoms with Crippen molar-refractivity contribution in [3.05, 3.63) is 34.3 Å². The summed E-state index contributed by atoms with van der Waals surface area (Å²) in [6.45, 7) is 1.55. The first-order valence-electron chi connectivity index (χ1n) is 5.76. The largest absolute Gasteiger partial charge is 0.455 e. The van der Waals surface area contributed by atoms with Crippen LogP contribution in [0, 0.1) is 0 Å². The van der Waals surface area contributed by atoms with Gasteiger partial charge < -0.3 is 10.1 Å². The van der Waals surface area contributed by atoms with E-state index in [1.807, 2.05) is 24.3 Å². The summed E-state index contributed by atoms with van der Waals surface area (Å²) >= 11 is 4.85. The third kappa shape index (κ3) is 6.11. The van der Waals surface area contributed by atoms with Crippen LogP contribution in [0.15, 0.2) is 28.7 Å². The monoisotopic (exact) mass is 345 g/mol. The van der Waals surface area contributed by atoms with Gasteiger partial charge in [-0.05, 0) is 24.6 Å². The number of nitrogens with one attached hydrogen (secondary N) is 1. The summed E-state index contributed by atoms with van der Waals surface area (Å²) in [5, 5.41) is 2.10. The fourth-order valence-corrected chi connectivity index (χ4v) is 2.30. The number of carbonyl (C=O) groups is 2. The zero-order valence-electron chi connectivity index (χ0n) is 10.8. The first kappa shape index (κ1) is 16.0. The molecule has 0 aliphatic carbocycles. The van der Waals surface area contributed by atoms with Crippen molar-refractivity contribution in [1.29, 1.82) is 0 Å². The molecule has 0 heterocycles. The Morgan fingerprint density at radius 1 is 1.37 bits per heavy atom. The van der Waals surface area contributed by atoms with E-state index in [9.17, 15) is 9.59 Å². The van der Waals surface area contributed by atoms with Crippen LogP contribution in [-0.4, -0.2) is 30.8 Å². The van der Waals surface area contributed by atoms with Crippen LogP contribution < -0.4 is 5.32 Å². The van der Waals surface area contributed by atoms with Crippen molar-refractivity contribution in [2.24, 2.45) is 0 Å². The lowest BCUT2D eigenvalue weighted by Crippen LogP contribution is -2.27. The number of hydrogen-bond donors (Lipinski definition) is 1. The number of ether oxygens (including phenoxy) is 1. The normalized spacial score (nSPS) is 11.7. The highest BCUT2D eigenvalue weighted by molar-refractivity contribution is 9.10. The van der Waals surface area contributed by atoms with Crippen LogP contribution in [0.5, 0.6) is 0 Å². The number of rotatable bonds is 6. The fourth-order valence-electron chi connectivity index (χ4n) is 1.20. The van der Waals surface area contributed by atoms with Crippen LogP contribution in [0.2, 0.25) is 0 Å². The van der Waals surface area contributed by atoms with Crippen LogP contribution in [0.3, 0.4) is 0 Å². The summed E-state index contributed by atoms with van der Waals surface area (Å²) < 4.78 is 5.91. The second-order valence-electron chi connectivity index (χ2n) is 3.86. The smallest absolute Gasteiger partial charge is 0.319 e. The van der Waals surface area contributed by atoms with Crippen LogP contribution in [0.4, 0.5) is 0 Å². The maximum Gasteiger partial charge on any atom is 0.319 e. The number of carbonyl (C=O) groups excluding carboxylic acids is 2. The molecule has 104 valence electrons. The molecule has 1 aromatic carbocycles. The standard InChI is InChI=1S/C13H16BrNO3S/c1-9(13(17)18-7-12(16)15-2)19-8-10-3-5-11(14)6-4-10/h3-6,9H,7-8H2,1-2H3,(H,15,16)/t9-/m1/s1. The van der Waals surface area contributed by atoms with Gasteiger partial charge in [-0.15, -0.1) is 11.8 Å². The molecule has 1 aromatic rings. The van der Waals surface area contributed by atoms with Gasteiger partial charge in [0.15, 0.2) is 6.61 Å². The van der Waals surface area contributed by atoms with Crippen LogP contribution in [-0.2, 0) is 20.1 Å².